The van der Waals surface area contributed by atoms with Gasteiger partial charge in [-0.3, -0.25) is 0 Å². The third-order valence-electron chi connectivity index (χ3n) is 0. The van der Waals surface area contributed by atoms with Gasteiger partial charge in [-0.15, -0.1) is 0 Å². The van der Waals surface area contributed by atoms with Crippen LogP contribution in [0.15, 0.2) is 0 Å². The van der Waals surface area contributed by atoms with Gasteiger partial charge in [0.05, 0.1) is 0 Å². The second-order valence-electron chi connectivity index (χ2n) is 0.600. The topological polar surface area (TPSA) is 80.9 Å². The van der Waals surface area contributed by atoms with Crippen LogP contribution >= 0.6 is 0 Å². The Kier molecular flexibility index (Phi) is 14.5. The normalized spacial score (nSPS) is 8.57. The molecule has 4 N–H and O–H groups in total. The Morgan fingerprint density at radius 2 is 0.857 bits per heavy atom. The van der Waals surface area contributed by atoms with E-state index in [1.54, 1.807) is 0 Å². The Morgan fingerprint density at radius 3 is 0.857 bits per heavy atom. The molecule has 0 spiro atoms. The molecule has 0 saturated heterocycles. The van der Waals surface area contributed by atoms with Gasteiger partial charge in [-0.25, -0.2) is 0 Å². The Morgan fingerprint density at radius 1 is 0.857 bits per heavy atom. The van der Waals surface area contributed by atoms with Crippen molar-refractivity contribution in [1.82, 2.24) is 0 Å². The molecule has 0 heterocycles. The maximum Gasteiger partial charge on any atom is 0 e. The van der Waals surface area contributed by atoms with Gasteiger partial charge in [-0.05, 0) is 0 Å². The summed E-state index contributed by atoms with van der Waals surface area (Å²) in [6.07, 6.45) is 0. The first-order valence-corrected chi connectivity index (χ1v) is 2.68. The standard InChI is InChI=1S/Ca.H4O4Si.Sc.2H/c;1-5(2,3)4;;;/h;1-4H;;;. The fourth-order valence-corrected chi connectivity index (χ4v) is 0. The number of rotatable bonds is 0. The van der Waals surface area contributed by atoms with E-state index in [1.165, 1.54) is 0 Å². The molecule has 0 aliphatic heterocycles. The van der Waals surface area contributed by atoms with Crippen LogP contribution < -0.4 is 0 Å². The van der Waals surface area contributed by atoms with Crippen molar-refractivity contribution in [3.8, 4) is 0 Å². The SMILES string of the molecule is O[Si](O)(O)O.[CaH2].[Sc]. The molecule has 1 radical (unpaired) electrons. The van der Waals surface area contributed by atoms with Crippen molar-refractivity contribution in [2.24, 2.45) is 0 Å². The van der Waals surface area contributed by atoms with Crippen molar-refractivity contribution >= 4 is 46.8 Å². The maximum absolute atomic E-state index is 7.33. The zero-order valence-corrected chi connectivity index (χ0v) is 5.67. The first kappa shape index (κ1) is 16.1. The van der Waals surface area contributed by atoms with E-state index in [0.717, 1.165) is 0 Å². The zero-order chi connectivity index (χ0) is 4.50. The van der Waals surface area contributed by atoms with Gasteiger partial charge in [-0.2, -0.15) is 0 Å². The third-order valence-corrected chi connectivity index (χ3v) is 0. The van der Waals surface area contributed by atoms with Crippen molar-refractivity contribution in [3.63, 3.8) is 0 Å². The molecule has 0 aromatic rings. The summed E-state index contributed by atoms with van der Waals surface area (Å²) >= 11 is 0. The number of hydrogen-bond acceptors (Lipinski definition) is 4. The molecule has 0 rings (SSSR count). The molecule has 7 heavy (non-hydrogen) atoms. The first-order valence-electron chi connectivity index (χ1n) is 0.894. The third kappa shape index (κ3) is 65.5. The van der Waals surface area contributed by atoms with Crippen molar-refractivity contribution in [1.29, 1.82) is 0 Å². The second-order valence-corrected chi connectivity index (χ2v) is 1.80. The van der Waals surface area contributed by atoms with Crippen molar-refractivity contribution in [2.75, 3.05) is 0 Å². The van der Waals surface area contributed by atoms with Crippen LogP contribution in [0.1, 0.15) is 0 Å². The van der Waals surface area contributed by atoms with Crippen molar-refractivity contribution < 1.29 is 45.0 Å². The van der Waals surface area contributed by atoms with Crippen molar-refractivity contribution in [2.45, 2.75) is 0 Å². The summed E-state index contributed by atoms with van der Waals surface area (Å²) in [5.41, 5.74) is 0. The number of hydrogen-bond donors (Lipinski definition) is 4. The van der Waals surface area contributed by atoms with Crippen LogP contribution in [0.5, 0.6) is 0 Å². The minimum Gasteiger partial charge on any atom is 0 e. The zero-order valence-electron chi connectivity index (χ0n) is 2.87. The molecule has 39 valence electrons. The predicted molar refractivity (Wildman–Crippen MR) is 23.2 cm³/mol. The summed E-state index contributed by atoms with van der Waals surface area (Å²) in [7, 11) is -4.61. The average molecular weight is 183 g/mol. The molecule has 0 aromatic carbocycles. The summed E-state index contributed by atoms with van der Waals surface area (Å²) < 4.78 is 0. The Hall–Kier alpha value is 2.19. The van der Waals surface area contributed by atoms with Gasteiger partial charge in [0.15, 0.2) is 0 Å². The van der Waals surface area contributed by atoms with Gasteiger partial charge in [-0.1, -0.05) is 0 Å². The predicted octanol–water partition coefficient (Wildman–Crippen LogP) is -3.53. The van der Waals surface area contributed by atoms with Gasteiger partial charge < -0.3 is 19.2 Å². The second kappa shape index (κ2) is 6.31. The summed E-state index contributed by atoms with van der Waals surface area (Å²) in [5.74, 6) is 0. The molecular weight excluding hydrogens is 177 g/mol. The maximum atomic E-state index is 7.33. The van der Waals surface area contributed by atoms with Crippen LogP contribution in [0.4, 0.5) is 0 Å². The quantitative estimate of drug-likeness (QED) is 0.293. The molecule has 0 atom stereocenters. The molecule has 4 nitrogen and oxygen atoms in total. The van der Waals surface area contributed by atoms with Crippen molar-refractivity contribution in [3.05, 3.63) is 0 Å². The van der Waals surface area contributed by atoms with E-state index in [9.17, 15) is 0 Å². The molecule has 0 amide bonds. The largest absolute Gasteiger partial charge is 0 e. The van der Waals surface area contributed by atoms with E-state index in [1.807, 2.05) is 0 Å². The summed E-state index contributed by atoms with van der Waals surface area (Å²) in [5, 5.41) is 0. The molecule has 0 saturated carbocycles. The van der Waals surface area contributed by atoms with Crippen LogP contribution in [0, 0.1) is 0 Å². The van der Waals surface area contributed by atoms with E-state index in [4.69, 9.17) is 19.2 Å². The molecule has 0 unspecified atom stereocenters. The fraction of sp³-hybridized carbons (Fsp3) is 0. The molecule has 0 bridgehead atoms. The molecule has 0 aromatic heterocycles. The Balaban J connectivity index is -0.0000000800. The minimum atomic E-state index is -4.61. The van der Waals surface area contributed by atoms with Crippen LogP contribution in [-0.4, -0.2) is 66.0 Å². The molecule has 7 heteroatoms. The summed E-state index contributed by atoms with van der Waals surface area (Å²) in [4.78, 5) is 29.3. The molecular formula is H6CaO4ScSi. The van der Waals surface area contributed by atoms with Gasteiger partial charge in [0.25, 0.3) is 0 Å². The molecule has 0 fully saturated rings. The van der Waals surface area contributed by atoms with Gasteiger partial charge in [0.1, 0.15) is 0 Å². The van der Waals surface area contributed by atoms with Gasteiger partial charge in [0, 0.05) is 25.8 Å². The van der Waals surface area contributed by atoms with E-state index in [-0.39, 0.29) is 63.6 Å². The summed E-state index contributed by atoms with van der Waals surface area (Å²) in [6, 6.07) is 0. The average Bonchev–Trinajstić information content (AvgIpc) is 0.722. The van der Waals surface area contributed by atoms with Crippen LogP contribution in [-0.2, 0) is 25.8 Å². The molecule has 0 aliphatic rings. The fourth-order valence-electron chi connectivity index (χ4n) is 0. The first-order chi connectivity index (χ1) is 2.00. The van der Waals surface area contributed by atoms with Crippen LogP contribution in [0.3, 0.4) is 0 Å². The van der Waals surface area contributed by atoms with E-state index < -0.39 is 9.05 Å². The van der Waals surface area contributed by atoms with E-state index in [2.05, 4.69) is 0 Å². The molecule has 0 aliphatic carbocycles. The van der Waals surface area contributed by atoms with Crippen LogP contribution in [0.2, 0.25) is 0 Å². The van der Waals surface area contributed by atoms with Gasteiger partial charge >= 0.3 is 46.8 Å². The van der Waals surface area contributed by atoms with E-state index >= 15 is 0 Å². The van der Waals surface area contributed by atoms with Crippen LogP contribution in [0.25, 0.3) is 0 Å². The smallest absolute Gasteiger partial charge is 0 e. The Bertz CT molecular complexity index is 27.2. The summed E-state index contributed by atoms with van der Waals surface area (Å²) in [6.45, 7) is 0. The Labute approximate surface area is 90.4 Å². The monoisotopic (exact) mass is 183 g/mol. The minimum absolute atomic E-state index is 0. The van der Waals surface area contributed by atoms with Gasteiger partial charge in [0.2, 0.25) is 0 Å². The van der Waals surface area contributed by atoms with E-state index in [0.29, 0.717) is 0 Å².